The highest BCUT2D eigenvalue weighted by molar-refractivity contribution is 5.92. The molecule has 0 radical (unpaired) electrons. The summed E-state index contributed by atoms with van der Waals surface area (Å²) in [5.74, 6) is -1.69. The second kappa shape index (κ2) is 13.7. The van der Waals surface area contributed by atoms with Gasteiger partial charge < -0.3 is 19.9 Å². The van der Waals surface area contributed by atoms with Gasteiger partial charge in [-0.05, 0) is 48.2 Å². The summed E-state index contributed by atoms with van der Waals surface area (Å²) in [6, 6.07) is 13.5. The molecule has 2 heterocycles. The highest BCUT2D eigenvalue weighted by atomic mass is 19.4. The second-order valence-electron chi connectivity index (χ2n) is 9.52. The highest BCUT2D eigenvalue weighted by Gasteiger charge is 2.31. The minimum atomic E-state index is -4.80. The zero-order valence-electron chi connectivity index (χ0n) is 22.3. The summed E-state index contributed by atoms with van der Waals surface area (Å²) in [6.45, 7) is 1.18. The van der Waals surface area contributed by atoms with E-state index in [4.69, 9.17) is 0 Å². The molecule has 14 heteroatoms. The van der Waals surface area contributed by atoms with Gasteiger partial charge in [0.05, 0.1) is 13.0 Å². The fourth-order valence-electron chi connectivity index (χ4n) is 4.21. The lowest BCUT2D eigenvalue weighted by molar-refractivity contribution is -0.274. The summed E-state index contributed by atoms with van der Waals surface area (Å²) in [6.07, 6.45) is -2.09. The molecule has 2 aromatic carbocycles. The van der Waals surface area contributed by atoms with Gasteiger partial charge in [0.2, 0.25) is 11.8 Å². The summed E-state index contributed by atoms with van der Waals surface area (Å²) in [4.78, 5) is 37.1. The molecule has 1 atom stereocenters. The Labute approximate surface area is 238 Å². The molecule has 0 spiro atoms. The van der Waals surface area contributed by atoms with Crippen molar-refractivity contribution in [2.24, 2.45) is 10.3 Å². The van der Waals surface area contributed by atoms with Crippen LogP contribution in [-0.4, -0.2) is 46.9 Å². The Morgan fingerprint density at radius 1 is 1.02 bits per heavy atom. The molecule has 1 aliphatic rings. The number of nitrogens with zero attached hydrogens (tertiary/aromatic N) is 4. The van der Waals surface area contributed by atoms with Crippen molar-refractivity contribution in [3.05, 3.63) is 94.2 Å². The molecular weight excluding hydrogens is 560 g/mol. The number of carbonyl (C=O) groups is 2. The summed E-state index contributed by atoms with van der Waals surface area (Å²) >= 11 is 0. The van der Waals surface area contributed by atoms with E-state index in [9.17, 15) is 31.9 Å². The topological polar surface area (TPSA) is 117 Å². The molecule has 0 fully saturated rings. The van der Waals surface area contributed by atoms with E-state index in [0.29, 0.717) is 37.2 Å². The number of ether oxygens (including phenoxy) is 1. The van der Waals surface area contributed by atoms with Gasteiger partial charge in [-0.3, -0.25) is 19.4 Å². The molecule has 10 nitrogen and oxygen atoms in total. The van der Waals surface area contributed by atoms with Gasteiger partial charge in [-0.2, -0.15) is 5.11 Å². The van der Waals surface area contributed by atoms with Crippen LogP contribution in [0.5, 0.6) is 5.75 Å². The predicted molar refractivity (Wildman–Crippen MR) is 144 cm³/mol. The van der Waals surface area contributed by atoms with Gasteiger partial charge in [0.15, 0.2) is 6.04 Å². The van der Waals surface area contributed by atoms with Crippen molar-refractivity contribution < 1.29 is 31.9 Å². The number of nitrogens with one attached hydrogen (secondary N) is 2. The summed E-state index contributed by atoms with van der Waals surface area (Å²) < 4.78 is 56.4. The maximum Gasteiger partial charge on any atom is 0.573 e. The number of halogens is 4. The van der Waals surface area contributed by atoms with E-state index in [1.807, 2.05) is 0 Å². The van der Waals surface area contributed by atoms with Crippen LogP contribution < -0.4 is 20.9 Å². The smallest absolute Gasteiger partial charge is 0.406 e. The molecule has 1 unspecified atom stereocenters. The van der Waals surface area contributed by atoms with Crippen molar-refractivity contribution in [1.82, 2.24) is 14.9 Å². The first kappa shape index (κ1) is 30.2. The number of unbranched alkanes of at least 4 members (excludes halogenated alkanes) is 1. The molecule has 2 N–H and O–H groups in total. The number of pyridine rings is 1. The zero-order valence-corrected chi connectivity index (χ0v) is 22.3. The number of rotatable bonds is 12. The Morgan fingerprint density at radius 3 is 2.57 bits per heavy atom. The maximum absolute atomic E-state index is 13.8. The predicted octanol–water partition coefficient (Wildman–Crippen LogP) is 4.22. The number of benzene rings is 2. The molecule has 1 aromatic heterocycles. The van der Waals surface area contributed by atoms with Crippen molar-refractivity contribution >= 4 is 17.5 Å². The molecule has 4 rings (SSSR count). The fourth-order valence-corrected chi connectivity index (χ4v) is 4.21. The first-order valence-electron chi connectivity index (χ1n) is 13.1. The van der Waals surface area contributed by atoms with Crippen molar-refractivity contribution in [2.75, 3.05) is 18.4 Å². The number of aromatic nitrogens is 1. The maximum atomic E-state index is 13.8. The van der Waals surface area contributed by atoms with Crippen LogP contribution in [0, 0.1) is 5.82 Å². The van der Waals surface area contributed by atoms with Crippen molar-refractivity contribution in [2.45, 2.75) is 44.8 Å². The van der Waals surface area contributed by atoms with Crippen LogP contribution in [0.25, 0.3) is 0 Å². The average molecular weight is 589 g/mol. The van der Waals surface area contributed by atoms with E-state index in [-0.39, 0.29) is 36.4 Å². The highest BCUT2D eigenvalue weighted by Crippen LogP contribution is 2.23. The van der Waals surface area contributed by atoms with Crippen molar-refractivity contribution in [1.29, 1.82) is 0 Å². The van der Waals surface area contributed by atoms with Crippen LogP contribution >= 0.6 is 0 Å². The van der Waals surface area contributed by atoms with Gasteiger partial charge >= 0.3 is 6.36 Å². The molecule has 2 amide bonds. The van der Waals surface area contributed by atoms with Crippen LogP contribution in [0.3, 0.4) is 0 Å². The number of carbonyl (C=O) groups excluding carboxylic acids is 2. The fraction of sp³-hybridized carbons (Fsp3) is 0.321. The number of aryl methyl sites for hydroxylation is 1. The van der Waals surface area contributed by atoms with Crippen LogP contribution in [0.15, 0.2) is 82.0 Å². The largest absolute Gasteiger partial charge is 0.573 e. The quantitative estimate of drug-likeness (QED) is 0.243. The lowest BCUT2D eigenvalue weighted by Crippen LogP contribution is -2.36. The first-order valence-corrected chi connectivity index (χ1v) is 13.1. The standard InChI is InChI=1S/C28H28F4N6O4/c29-23-9-2-1-7-20(23)15-25(39)34-21-10-13-37(26(40)16-21)11-3-4-12-38-18-24(35-36-38)27(41)33-17-19-6-5-8-22(14-19)42-28(30,31)32/h1-2,5-10,13-14,16,24H,3-4,11-12,15,17-18H2,(H,33,41)(H,34,39). The van der Waals surface area contributed by atoms with Gasteiger partial charge in [0, 0.05) is 37.6 Å². The molecule has 1 aliphatic heterocycles. The van der Waals surface area contributed by atoms with E-state index in [1.54, 1.807) is 29.4 Å². The van der Waals surface area contributed by atoms with Crippen molar-refractivity contribution in [3.8, 4) is 5.75 Å². The summed E-state index contributed by atoms with van der Waals surface area (Å²) in [5.41, 5.74) is 0.718. The van der Waals surface area contributed by atoms with Gasteiger partial charge in [-0.1, -0.05) is 35.6 Å². The Hall–Kier alpha value is -4.75. The van der Waals surface area contributed by atoms with E-state index in [1.165, 1.54) is 47.0 Å². The number of hydrogen-bond donors (Lipinski definition) is 2. The van der Waals surface area contributed by atoms with Gasteiger partial charge in [0.25, 0.3) is 5.56 Å². The van der Waals surface area contributed by atoms with E-state index in [2.05, 4.69) is 25.7 Å². The number of anilines is 1. The molecule has 0 bridgehead atoms. The molecular formula is C28H28F4N6O4. The summed E-state index contributed by atoms with van der Waals surface area (Å²) in [7, 11) is 0. The Balaban J connectivity index is 1.15. The minimum absolute atomic E-state index is 0.00269. The normalized spacial score (nSPS) is 14.6. The molecule has 0 saturated heterocycles. The molecule has 3 aromatic rings. The van der Waals surface area contributed by atoms with Gasteiger partial charge in [-0.25, -0.2) is 4.39 Å². The molecule has 0 aliphatic carbocycles. The van der Waals surface area contributed by atoms with E-state index < -0.39 is 30.0 Å². The number of alkyl halides is 3. The monoisotopic (exact) mass is 588 g/mol. The van der Waals surface area contributed by atoms with E-state index >= 15 is 0 Å². The second-order valence-corrected chi connectivity index (χ2v) is 9.52. The Kier molecular flexibility index (Phi) is 9.89. The number of amides is 2. The molecule has 222 valence electrons. The van der Waals surface area contributed by atoms with Crippen LogP contribution in [0.4, 0.5) is 23.2 Å². The van der Waals surface area contributed by atoms with Crippen LogP contribution in [0.1, 0.15) is 24.0 Å². The average Bonchev–Trinajstić information content (AvgIpc) is 3.40. The Morgan fingerprint density at radius 2 is 1.81 bits per heavy atom. The summed E-state index contributed by atoms with van der Waals surface area (Å²) in [5, 5.41) is 14.9. The van der Waals surface area contributed by atoms with Crippen molar-refractivity contribution in [3.63, 3.8) is 0 Å². The molecule has 42 heavy (non-hydrogen) atoms. The van der Waals surface area contributed by atoms with Crippen LogP contribution in [-0.2, 0) is 29.1 Å². The Bertz CT molecular complexity index is 1490. The third-order valence-corrected chi connectivity index (χ3v) is 6.26. The third-order valence-electron chi connectivity index (χ3n) is 6.26. The number of hydrogen-bond acceptors (Lipinski definition) is 7. The lowest BCUT2D eigenvalue weighted by Gasteiger charge is -2.14. The third kappa shape index (κ3) is 9.14. The minimum Gasteiger partial charge on any atom is -0.406 e. The molecule has 0 saturated carbocycles. The van der Waals surface area contributed by atoms with Crippen LogP contribution in [0.2, 0.25) is 0 Å². The van der Waals surface area contributed by atoms with E-state index in [0.717, 1.165) is 0 Å². The lowest BCUT2D eigenvalue weighted by atomic mass is 10.1. The zero-order chi connectivity index (χ0) is 30.1. The first-order chi connectivity index (χ1) is 20.1. The SMILES string of the molecule is O=C(Cc1ccccc1F)Nc1ccn(CCCCN2CC(C(=O)NCc3cccc(OC(F)(F)F)c3)N=N2)c(=O)c1. The van der Waals surface area contributed by atoms with Gasteiger partial charge in [-0.15, -0.1) is 13.2 Å². The van der Waals surface area contributed by atoms with Gasteiger partial charge in [0.1, 0.15) is 11.6 Å².